The van der Waals surface area contributed by atoms with Crippen molar-refractivity contribution in [2.24, 2.45) is 0 Å². The molecule has 36 heavy (non-hydrogen) atoms. The topological polar surface area (TPSA) is 102 Å². The average molecular weight is 505 g/mol. The van der Waals surface area contributed by atoms with Crippen LogP contribution in [-0.2, 0) is 20.8 Å². The van der Waals surface area contributed by atoms with Crippen LogP contribution in [0.2, 0.25) is 0 Å². The Bertz CT molecular complexity index is 1260. The maximum Gasteiger partial charge on any atom is 0.337 e. The Morgan fingerprint density at radius 3 is 2.08 bits per heavy atom. The summed E-state index contributed by atoms with van der Waals surface area (Å²) in [5.41, 5.74) is 2.80. The minimum Gasteiger partial charge on any atom is -0.465 e. The molecule has 1 aliphatic heterocycles. The van der Waals surface area contributed by atoms with Crippen molar-refractivity contribution in [1.82, 2.24) is 4.90 Å². The van der Waals surface area contributed by atoms with Crippen molar-refractivity contribution in [2.75, 3.05) is 25.3 Å². The van der Waals surface area contributed by atoms with Gasteiger partial charge in [0.15, 0.2) is 0 Å². The predicted octanol–water partition coefficient (Wildman–Crippen LogP) is 4.29. The third kappa shape index (κ3) is 5.58. The molecule has 0 aliphatic carbocycles. The van der Waals surface area contributed by atoms with E-state index in [0.717, 1.165) is 11.1 Å². The Labute approximate surface area is 212 Å². The van der Waals surface area contributed by atoms with E-state index in [4.69, 9.17) is 9.47 Å². The number of rotatable bonds is 7. The number of hydrogen-bond donors (Lipinski definition) is 1. The van der Waals surface area contributed by atoms with Gasteiger partial charge in [-0.05, 0) is 41.5 Å². The van der Waals surface area contributed by atoms with Crippen molar-refractivity contribution < 1.29 is 28.7 Å². The van der Waals surface area contributed by atoms with Crippen LogP contribution in [0, 0.1) is 0 Å². The highest BCUT2D eigenvalue weighted by molar-refractivity contribution is 8.00. The smallest absolute Gasteiger partial charge is 0.337 e. The highest BCUT2D eigenvalue weighted by Crippen LogP contribution is 2.39. The van der Waals surface area contributed by atoms with Crippen LogP contribution in [0.5, 0.6) is 0 Å². The van der Waals surface area contributed by atoms with Crippen molar-refractivity contribution in [2.45, 2.75) is 11.9 Å². The fourth-order valence-electron chi connectivity index (χ4n) is 3.85. The summed E-state index contributed by atoms with van der Waals surface area (Å²) in [6.07, 6.45) is 0. The first-order valence-electron chi connectivity index (χ1n) is 11.1. The second kappa shape index (κ2) is 11.1. The number of anilines is 1. The minimum atomic E-state index is -0.649. The fraction of sp³-hybridized carbons (Fsp3) is 0.185. The first-order valence-corrected chi connectivity index (χ1v) is 12.1. The van der Waals surface area contributed by atoms with E-state index in [9.17, 15) is 19.2 Å². The fourth-order valence-corrected chi connectivity index (χ4v) is 5.04. The van der Waals surface area contributed by atoms with Gasteiger partial charge in [0, 0.05) is 17.8 Å². The zero-order valence-electron chi connectivity index (χ0n) is 19.7. The van der Waals surface area contributed by atoms with Crippen LogP contribution in [0.4, 0.5) is 5.69 Å². The van der Waals surface area contributed by atoms with E-state index in [1.54, 1.807) is 23.9 Å². The van der Waals surface area contributed by atoms with Crippen LogP contribution in [-0.4, -0.2) is 48.6 Å². The number of amides is 2. The first kappa shape index (κ1) is 25.0. The van der Waals surface area contributed by atoms with Gasteiger partial charge in [-0.1, -0.05) is 42.5 Å². The van der Waals surface area contributed by atoms with Gasteiger partial charge in [0.1, 0.15) is 5.37 Å². The normalized spacial score (nSPS) is 14.9. The quantitative estimate of drug-likeness (QED) is 0.479. The van der Waals surface area contributed by atoms with Gasteiger partial charge in [-0.25, -0.2) is 9.59 Å². The summed E-state index contributed by atoms with van der Waals surface area (Å²) in [6, 6.07) is 21.0. The second-order valence-electron chi connectivity index (χ2n) is 8.03. The Kier molecular flexibility index (Phi) is 7.70. The standard InChI is InChI=1S/C27H24N2O6S/c1-34-26(32)20-12-21(27(33)35-2)14-22(13-20)28-24(31)18-8-10-19(11-9-18)25-29(23(30)16-36-25)15-17-6-4-3-5-7-17/h3-14,25H,15-16H2,1-2H3,(H,28,31)/t25-/m0/s1. The molecule has 184 valence electrons. The molecule has 1 fully saturated rings. The van der Waals surface area contributed by atoms with Gasteiger partial charge in [-0.3, -0.25) is 9.59 Å². The number of thioether (sulfide) groups is 1. The van der Waals surface area contributed by atoms with Crippen LogP contribution in [0.3, 0.4) is 0 Å². The van der Waals surface area contributed by atoms with E-state index < -0.39 is 17.8 Å². The summed E-state index contributed by atoms with van der Waals surface area (Å²) < 4.78 is 9.46. The molecule has 3 aromatic rings. The molecule has 2 amide bonds. The lowest BCUT2D eigenvalue weighted by molar-refractivity contribution is -0.128. The molecule has 1 saturated heterocycles. The molecule has 1 aliphatic rings. The Morgan fingerprint density at radius 2 is 1.50 bits per heavy atom. The Hall–Kier alpha value is -4.11. The molecule has 3 aromatic carbocycles. The van der Waals surface area contributed by atoms with Crippen molar-refractivity contribution >= 4 is 41.2 Å². The SMILES string of the molecule is COC(=O)c1cc(NC(=O)c2ccc([C@@H]3SCC(=O)N3Cc3ccccc3)cc2)cc(C(=O)OC)c1. The summed E-state index contributed by atoms with van der Waals surface area (Å²) in [7, 11) is 2.45. The molecule has 1 N–H and O–H groups in total. The summed E-state index contributed by atoms with van der Waals surface area (Å²) in [4.78, 5) is 51.2. The molecule has 4 rings (SSSR count). The number of carbonyl (C=O) groups is 4. The average Bonchev–Trinajstić information content (AvgIpc) is 3.27. The van der Waals surface area contributed by atoms with Crippen molar-refractivity contribution in [3.05, 3.63) is 101 Å². The largest absolute Gasteiger partial charge is 0.465 e. The highest BCUT2D eigenvalue weighted by atomic mass is 32.2. The lowest BCUT2D eigenvalue weighted by Gasteiger charge is -2.24. The summed E-state index contributed by atoms with van der Waals surface area (Å²) >= 11 is 1.55. The third-order valence-corrected chi connectivity index (χ3v) is 6.91. The van der Waals surface area contributed by atoms with Gasteiger partial charge in [-0.15, -0.1) is 11.8 Å². The number of nitrogens with zero attached hydrogens (tertiary/aromatic N) is 1. The molecular formula is C27H24N2O6S. The highest BCUT2D eigenvalue weighted by Gasteiger charge is 2.32. The Morgan fingerprint density at radius 1 is 0.889 bits per heavy atom. The van der Waals surface area contributed by atoms with E-state index in [1.165, 1.54) is 32.4 Å². The number of nitrogens with one attached hydrogen (secondary N) is 1. The van der Waals surface area contributed by atoms with Crippen molar-refractivity contribution in [3.63, 3.8) is 0 Å². The number of hydrogen-bond acceptors (Lipinski definition) is 7. The van der Waals surface area contributed by atoms with Crippen molar-refractivity contribution in [3.8, 4) is 0 Å². The lowest BCUT2D eigenvalue weighted by Crippen LogP contribution is -2.27. The number of carbonyl (C=O) groups excluding carboxylic acids is 4. The zero-order chi connectivity index (χ0) is 25.7. The zero-order valence-corrected chi connectivity index (χ0v) is 20.5. The predicted molar refractivity (Wildman–Crippen MR) is 136 cm³/mol. The van der Waals surface area contributed by atoms with Crippen LogP contribution in [0.15, 0.2) is 72.8 Å². The van der Waals surface area contributed by atoms with Gasteiger partial charge < -0.3 is 19.7 Å². The molecule has 0 saturated carbocycles. The molecule has 0 aromatic heterocycles. The van der Waals surface area contributed by atoms with Crippen LogP contribution in [0.25, 0.3) is 0 Å². The minimum absolute atomic E-state index is 0.0718. The summed E-state index contributed by atoms with van der Waals surface area (Å²) in [6.45, 7) is 0.513. The molecule has 1 atom stereocenters. The van der Waals surface area contributed by atoms with Crippen LogP contribution < -0.4 is 5.32 Å². The lowest BCUT2D eigenvalue weighted by atomic mass is 10.1. The molecule has 0 spiro atoms. The maximum atomic E-state index is 12.9. The first-order chi connectivity index (χ1) is 17.4. The van der Waals surface area contributed by atoms with Gasteiger partial charge in [-0.2, -0.15) is 0 Å². The third-order valence-electron chi connectivity index (χ3n) is 5.65. The van der Waals surface area contributed by atoms with Gasteiger partial charge in [0.25, 0.3) is 5.91 Å². The van der Waals surface area contributed by atoms with E-state index in [2.05, 4.69) is 5.32 Å². The van der Waals surface area contributed by atoms with Gasteiger partial charge in [0.05, 0.1) is 31.1 Å². The van der Waals surface area contributed by atoms with Crippen LogP contribution in [0.1, 0.15) is 47.6 Å². The molecule has 9 heteroatoms. The van der Waals surface area contributed by atoms with Crippen LogP contribution >= 0.6 is 11.8 Å². The molecular weight excluding hydrogens is 480 g/mol. The maximum absolute atomic E-state index is 12.9. The molecule has 1 heterocycles. The number of methoxy groups -OCH3 is 2. The number of benzene rings is 3. The van der Waals surface area contributed by atoms with E-state index in [1.807, 2.05) is 47.4 Å². The molecule has 0 unspecified atom stereocenters. The number of esters is 2. The Balaban J connectivity index is 1.51. The van der Waals surface area contributed by atoms with E-state index in [-0.39, 0.29) is 28.1 Å². The van der Waals surface area contributed by atoms with Crippen molar-refractivity contribution in [1.29, 1.82) is 0 Å². The monoisotopic (exact) mass is 504 g/mol. The summed E-state index contributed by atoms with van der Waals surface area (Å²) in [5.74, 6) is -1.24. The van der Waals surface area contributed by atoms with E-state index in [0.29, 0.717) is 17.9 Å². The molecule has 0 bridgehead atoms. The molecule has 8 nitrogen and oxygen atoms in total. The molecule has 0 radical (unpaired) electrons. The van der Waals surface area contributed by atoms with E-state index >= 15 is 0 Å². The number of ether oxygens (including phenoxy) is 2. The second-order valence-corrected chi connectivity index (χ2v) is 9.10. The summed E-state index contributed by atoms with van der Waals surface area (Å²) in [5, 5.41) is 2.57. The van der Waals surface area contributed by atoms with Gasteiger partial charge in [0.2, 0.25) is 5.91 Å². The van der Waals surface area contributed by atoms with Gasteiger partial charge >= 0.3 is 11.9 Å².